The standard InChI is InChI=1S/C7H10N2O4/c1-3-13-7(12)5(10)4-6(11)9-8-2/h3-4H2,1-2H3. The molecule has 0 unspecified atom stereocenters. The van der Waals surface area contributed by atoms with Crippen LogP contribution in [0.3, 0.4) is 0 Å². The molecule has 0 atom stereocenters. The topological polar surface area (TPSA) is 85.2 Å². The van der Waals surface area contributed by atoms with Crippen molar-refractivity contribution in [3.63, 3.8) is 0 Å². The molecule has 0 aromatic heterocycles. The Morgan fingerprint density at radius 2 is 1.92 bits per heavy atom. The molecule has 6 nitrogen and oxygen atoms in total. The summed E-state index contributed by atoms with van der Waals surface area (Å²) in [5.41, 5.74) is 0. The maximum Gasteiger partial charge on any atom is 0.375 e. The monoisotopic (exact) mass is 186 g/mol. The lowest BCUT2D eigenvalue weighted by Gasteiger charge is -1.97. The van der Waals surface area contributed by atoms with E-state index in [0.717, 1.165) is 0 Å². The fourth-order valence-electron chi connectivity index (χ4n) is 0.568. The van der Waals surface area contributed by atoms with E-state index in [9.17, 15) is 14.4 Å². The molecule has 0 heterocycles. The van der Waals surface area contributed by atoms with E-state index in [-0.39, 0.29) is 6.61 Å². The van der Waals surface area contributed by atoms with Crippen molar-refractivity contribution in [2.75, 3.05) is 13.7 Å². The molecular formula is C7H10N2O4. The number of rotatable bonds is 4. The van der Waals surface area contributed by atoms with Gasteiger partial charge in [0.2, 0.25) is 5.78 Å². The fraction of sp³-hybridized carbons (Fsp3) is 0.571. The Kier molecular flexibility index (Phi) is 5.25. The average Bonchev–Trinajstić information content (AvgIpc) is 2.05. The minimum Gasteiger partial charge on any atom is -0.460 e. The summed E-state index contributed by atoms with van der Waals surface area (Å²) in [5.74, 6) is -2.66. The summed E-state index contributed by atoms with van der Waals surface area (Å²) in [4.78, 5) is 32.2. The van der Waals surface area contributed by atoms with Crippen molar-refractivity contribution in [1.82, 2.24) is 0 Å². The molecule has 0 radical (unpaired) electrons. The maximum atomic E-state index is 10.8. The van der Waals surface area contributed by atoms with Gasteiger partial charge in [-0.3, -0.25) is 9.59 Å². The molecule has 0 aliphatic heterocycles. The van der Waals surface area contributed by atoms with Crippen LogP contribution >= 0.6 is 0 Å². The summed E-state index contributed by atoms with van der Waals surface area (Å²) in [6, 6.07) is 0. The predicted octanol–water partition coefficient (Wildman–Crippen LogP) is 0.117. The molecule has 0 aromatic rings. The normalized spacial score (nSPS) is 10.0. The third-order valence-electron chi connectivity index (χ3n) is 1.03. The number of azo groups is 1. The molecule has 6 heteroatoms. The van der Waals surface area contributed by atoms with E-state index in [1.807, 2.05) is 0 Å². The molecule has 0 saturated carbocycles. The number of nitrogens with zero attached hydrogens (tertiary/aromatic N) is 2. The highest BCUT2D eigenvalue weighted by Gasteiger charge is 2.18. The van der Waals surface area contributed by atoms with E-state index in [0.29, 0.717) is 0 Å². The van der Waals surface area contributed by atoms with E-state index in [1.54, 1.807) is 6.92 Å². The zero-order chi connectivity index (χ0) is 10.3. The zero-order valence-electron chi connectivity index (χ0n) is 7.44. The van der Waals surface area contributed by atoms with Crippen molar-refractivity contribution in [1.29, 1.82) is 0 Å². The van der Waals surface area contributed by atoms with Crippen LogP contribution in [-0.2, 0) is 19.1 Å². The van der Waals surface area contributed by atoms with Gasteiger partial charge < -0.3 is 4.74 Å². The molecule has 0 N–H and O–H groups in total. The summed E-state index contributed by atoms with van der Waals surface area (Å²) >= 11 is 0. The van der Waals surface area contributed by atoms with Crippen molar-refractivity contribution in [2.45, 2.75) is 13.3 Å². The maximum absolute atomic E-state index is 10.8. The van der Waals surface area contributed by atoms with Gasteiger partial charge in [-0.1, -0.05) is 0 Å². The van der Waals surface area contributed by atoms with Crippen molar-refractivity contribution in [2.24, 2.45) is 10.2 Å². The van der Waals surface area contributed by atoms with Crippen LogP contribution in [0.25, 0.3) is 0 Å². The number of Topliss-reactive ketones (excluding diaryl/α,β-unsaturated/α-hetero) is 1. The molecule has 0 fully saturated rings. The number of esters is 1. The predicted molar refractivity (Wildman–Crippen MR) is 42.0 cm³/mol. The Labute approximate surface area is 75.0 Å². The lowest BCUT2D eigenvalue weighted by atomic mass is 10.3. The molecule has 0 aromatic carbocycles. The first-order valence-corrected chi connectivity index (χ1v) is 3.64. The number of hydrogen-bond donors (Lipinski definition) is 0. The largest absolute Gasteiger partial charge is 0.460 e. The van der Waals surface area contributed by atoms with Crippen LogP contribution in [0.4, 0.5) is 0 Å². The van der Waals surface area contributed by atoms with Crippen LogP contribution in [0.5, 0.6) is 0 Å². The van der Waals surface area contributed by atoms with Crippen molar-refractivity contribution >= 4 is 17.7 Å². The Morgan fingerprint density at radius 1 is 1.31 bits per heavy atom. The number of amides is 1. The van der Waals surface area contributed by atoms with Gasteiger partial charge in [-0.05, 0) is 6.92 Å². The third kappa shape index (κ3) is 4.78. The van der Waals surface area contributed by atoms with Gasteiger partial charge in [0, 0.05) is 7.05 Å². The van der Waals surface area contributed by atoms with Gasteiger partial charge in [0.1, 0.15) is 6.42 Å². The highest BCUT2D eigenvalue weighted by molar-refractivity contribution is 6.36. The molecule has 0 rings (SSSR count). The zero-order valence-corrected chi connectivity index (χ0v) is 7.44. The van der Waals surface area contributed by atoms with E-state index in [4.69, 9.17) is 0 Å². The lowest BCUT2D eigenvalue weighted by Crippen LogP contribution is -2.19. The molecule has 0 saturated heterocycles. The van der Waals surface area contributed by atoms with E-state index in [1.165, 1.54) is 7.05 Å². The summed E-state index contributed by atoms with van der Waals surface area (Å²) in [6.45, 7) is 1.67. The molecule has 0 spiro atoms. The second kappa shape index (κ2) is 5.99. The first-order chi connectivity index (χ1) is 6.11. The molecular weight excluding hydrogens is 176 g/mol. The number of carbonyl (C=O) groups excluding carboxylic acids is 3. The molecule has 1 amide bonds. The van der Waals surface area contributed by atoms with Crippen LogP contribution in [-0.4, -0.2) is 31.3 Å². The first-order valence-electron chi connectivity index (χ1n) is 3.64. The number of hydrogen-bond acceptors (Lipinski definition) is 5. The van der Waals surface area contributed by atoms with E-state index < -0.39 is 24.1 Å². The quantitative estimate of drug-likeness (QED) is 0.270. The van der Waals surface area contributed by atoms with Gasteiger partial charge >= 0.3 is 5.97 Å². The van der Waals surface area contributed by atoms with Gasteiger partial charge in [0.15, 0.2) is 0 Å². The van der Waals surface area contributed by atoms with Crippen LogP contribution in [0.2, 0.25) is 0 Å². The Bertz CT molecular complexity index is 247. The smallest absolute Gasteiger partial charge is 0.375 e. The van der Waals surface area contributed by atoms with Crippen LogP contribution in [0.1, 0.15) is 13.3 Å². The number of carbonyl (C=O) groups is 3. The molecule has 13 heavy (non-hydrogen) atoms. The molecule has 0 bridgehead atoms. The Balaban J connectivity index is 4.00. The number of ether oxygens (including phenoxy) is 1. The Hall–Kier alpha value is -1.59. The van der Waals surface area contributed by atoms with Crippen LogP contribution in [0.15, 0.2) is 10.2 Å². The van der Waals surface area contributed by atoms with E-state index >= 15 is 0 Å². The van der Waals surface area contributed by atoms with Crippen LogP contribution in [0, 0.1) is 0 Å². The summed E-state index contributed by atoms with van der Waals surface area (Å²) < 4.78 is 4.37. The highest BCUT2D eigenvalue weighted by Crippen LogP contribution is 1.91. The van der Waals surface area contributed by atoms with Gasteiger partial charge in [-0.25, -0.2) is 4.79 Å². The van der Waals surface area contributed by atoms with Gasteiger partial charge in [-0.15, -0.1) is 5.11 Å². The van der Waals surface area contributed by atoms with Crippen molar-refractivity contribution in [3.05, 3.63) is 0 Å². The van der Waals surface area contributed by atoms with Crippen molar-refractivity contribution < 1.29 is 19.1 Å². The average molecular weight is 186 g/mol. The SMILES string of the molecule is CCOC(=O)C(=O)CC(=O)N=NC. The second-order valence-corrected chi connectivity index (χ2v) is 2.01. The fourth-order valence-corrected chi connectivity index (χ4v) is 0.568. The molecule has 0 aliphatic rings. The highest BCUT2D eigenvalue weighted by atomic mass is 16.5. The van der Waals surface area contributed by atoms with Gasteiger partial charge in [-0.2, -0.15) is 5.11 Å². The minimum atomic E-state index is -1.01. The van der Waals surface area contributed by atoms with Gasteiger partial charge in [0.25, 0.3) is 5.91 Å². The third-order valence-corrected chi connectivity index (χ3v) is 1.03. The number of ketones is 1. The van der Waals surface area contributed by atoms with Crippen molar-refractivity contribution in [3.8, 4) is 0 Å². The Morgan fingerprint density at radius 3 is 2.38 bits per heavy atom. The van der Waals surface area contributed by atoms with Crippen LogP contribution < -0.4 is 0 Å². The second-order valence-electron chi connectivity index (χ2n) is 2.01. The first kappa shape index (κ1) is 11.4. The minimum absolute atomic E-state index is 0.105. The molecule has 0 aliphatic carbocycles. The van der Waals surface area contributed by atoms with Gasteiger partial charge in [0.05, 0.1) is 6.61 Å². The summed E-state index contributed by atoms with van der Waals surface area (Å²) in [7, 11) is 1.30. The summed E-state index contributed by atoms with van der Waals surface area (Å²) in [5, 5.41) is 6.23. The molecule has 72 valence electrons. The van der Waals surface area contributed by atoms with E-state index in [2.05, 4.69) is 15.0 Å². The lowest BCUT2D eigenvalue weighted by molar-refractivity contribution is -0.154. The summed E-state index contributed by atoms with van der Waals surface area (Å²) in [6.07, 6.45) is -0.587.